The molecule has 0 bridgehead atoms. The van der Waals surface area contributed by atoms with Crippen LogP contribution in [0.15, 0.2) is 24.3 Å². The van der Waals surface area contributed by atoms with Crippen LogP contribution in [0, 0.1) is 11.2 Å². The molecule has 1 aromatic rings. The number of hydrogen-bond donors (Lipinski definition) is 1. The molecule has 0 heterocycles. The summed E-state index contributed by atoms with van der Waals surface area (Å²) in [6.07, 6.45) is 11.3. The molecule has 1 spiro atoms. The third kappa shape index (κ3) is 3.06. The number of nitrogens with one attached hydrogen (secondary N) is 1. The highest BCUT2D eigenvalue weighted by molar-refractivity contribution is 5.19. The lowest BCUT2D eigenvalue weighted by atomic mass is 9.71. The van der Waals surface area contributed by atoms with Gasteiger partial charge in [-0.1, -0.05) is 25.0 Å². The Kier molecular flexibility index (Phi) is 4.11. The molecule has 0 saturated heterocycles. The minimum absolute atomic E-state index is 0.151. The van der Waals surface area contributed by atoms with Gasteiger partial charge in [-0.3, -0.25) is 0 Å². The van der Waals surface area contributed by atoms with Crippen molar-refractivity contribution in [1.29, 1.82) is 0 Å². The number of benzene rings is 1. The average Bonchev–Trinajstić information content (AvgIpc) is 2.91. The van der Waals surface area contributed by atoms with E-state index in [9.17, 15) is 4.39 Å². The van der Waals surface area contributed by atoms with Crippen molar-refractivity contribution in [2.45, 2.75) is 70.4 Å². The summed E-state index contributed by atoms with van der Waals surface area (Å²) in [5.74, 6) is -0.151. The van der Waals surface area contributed by atoms with Crippen LogP contribution in [-0.4, -0.2) is 6.04 Å². The second-order valence-electron chi connectivity index (χ2n) is 6.92. The molecule has 2 aliphatic rings. The summed E-state index contributed by atoms with van der Waals surface area (Å²) in [5, 5.41) is 3.74. The van der Waals surface area contributed by atoms with E-state index in [4.69, 9.17) is 0 Å². The van der Waals surface area contributed by atoms with Crippen LogP contribution in [0.4, 0.5) is 4.39 Å². The van der Waals surface area contributed by atoms with Gasteiger partial charge in [0.05, 0.1) is 0 Å². The Hall–Kier alpha value is -0.890. The highest BCUT2D eigenvalue weighted by atomic mass is 19.1. The first-order chi connectivity index (χ1) is 9.67. The van der Waals surface area contributed by atoms with Gasteiger partial charge in [0.25, 0.3) is 0 Å². The van der Waals surface area contributed by atoms with Crippen molar-refractivity contribution in [3.8, 4) is 0 Å². The second kappa shape index (κ2) is 5.85. The van der Waals surface area contributed by atoms with Gasteiger partial charge >= 0.3 is 0 Å². The Labute approximate surface area is 122 Å². The smallest absolute Gasteiger partial charge is 0.123 e. The first kappa shape index (κ1) is 14.1. The molecular formula is C18H26FN. The molecule has 1 nitrogen and oxygen atoms in total. The van der Waals surface area contributed by atoms with Crippen molar-refractivity contribution in [1.82, 2.24) is 5.32 Å². The SMILES string of the molecule is CC(NC1CCC2(CCCC2)CC1)c1ccc(F)cc1. The maximum absolute atomic E-state index is 13.0. The molecule has 0 aromatic heterocycles. The van der Waals surface area contributed by atoms with Crippen molar-refractivity contribution in [2.75, 3.05) is 0 Å². The molecule has 2 heteroatoms. The fourth-order valence-corrected chi connectivity index (χ4v) is 4.22. The van der Waals surface area contributed by atoms with Crippen LogP contribution in [0.2, 0.25) is 0 Å². The average molecular weight is 275 g/mol. The molecule has 0 aliphatic heterocycles. The van der Waals surface area contributed by atoms with Gasteiger partial charge in [0.15, 0.2) is 0 Å². The zero-order valence-corrected chi connectivity index (χ0v) is 12.5. The van der Waals surface area contributed by atoms with E-state index in [1.807, 2.05) is 12.1 Å². The predicted molar refractivity (Wildman–Crippen MR) is 81.1 cm³/mol. The number of rotatable bonds is 3. The predicted octanol–water partition coefficient (Wildman–Crippen LogP) is 4.98. The van der Waals surface area contributed by atoms with Crippen LogP contribution in [-0.2, 0) is 0 Å². The second-order valence-corrected chi connectivity index (χ2v) is 6.92. The molecule has 2 aliphatic carbocycles. The van der Waals surface area contributed by atoms with Crippen molar-refractivity contribution >= 4 is 0 Å². The fourth-order valence-electron chi connectivity index (χ4n) is 4.22. The number of halogens is 1. The van der Waals surface area contributed by atoms with E-state index in [0.29, 0.717) is 17.5 Å². The molecule has 20 heavy (non-hydrogen) atoms. The van der Waals surface area contributed by atoms with Crippen molar-refractivity contribution in [3.63, 3.8) is 0 Å². The van der Waals surface area contributed by atoms with Gasteiger partial charge in [-0.2, -0.15) is 0 Å². The van der Waals surface area contributed by atoms with Crippen LogP contribution in [0.25, 0.3) is 0 Å². The van der Waals surface area contributed by atoms with Crippen molar-refractivity contribution in [2.24, 2.45) is 5.41 Å². The Morgan fingerprint density at radius 1 is 1.05 bits per heavy atom. The standard InChI is InChI=1S/C18H26FN/c1-14(15-4-6-16(19)7-5-15)20-17-8-12-18(13-9-17)10-2-3-11-18/h4-7,14,17,20H,2-3,8-13H2,1H3. The quantitative estimate of drug-likeness (QED) is 0.820. The summed E-state index contributed by atoms with van der Waals surface area (Å²) in [4.78, 5) is 0. The molecular weight excluding hydrogens is 249 g/mol. The van der Waals surface area contributed by atoms with Crippen LogP contribution < -0.4 is 5.32 Å². The van der Waals surface area contributed by atoms with E-state index in [1.54, 1.807) is 12.1 Å². The van der Waals surface area contributed by atoms with E-state index in [2.05, 4.69) is 12.2 Å². The Morgan fingerprint density at radius 3 is 2.25 bits per heavy atom. The van der Waals surface area contributed by atoms with Gasteiger partial charge in [0.1, 0.15) is 5.82 Å². The highest BCUT2D eigenvalue weighted by Crippen LogP contribution is 2.49. The fraction of sp³-hybridized carbons (Fsp3) is 0.667. The topological polar surface area (TPSA) is 12.0 Å². The summed E-state index contributed by atoms with van der Waals surface area (Å²) in [5.41, 5.74) is 1.89. The van der Waals surface area contributed by atoms with E-state index in [-0.39, 0.29) is 5.82 Å². The van der Waals surface area contributed by atoms with Gasteiger partial charge in [0, 0.05) is 12.1 Å². The summed E-state index contributed by atoms with van der Waals surface area (Å²) in [6.45, 7) is 2.19. The monoisotopic (exact) mass is 275 g/mol. The first-order valence-corrected chi connectivity index (χ1v) is 8.18. The molecule has 1 aromatic carbocycles. The molecule has 110 valence electrons. The highest BCUT2D eigenvalue weighted by Gasteiger charge is 2.37. The van der Waals surface area contributed by atoms with E-state index in [0.717, 1.165) is 0 Å². The third-order valence-electron chi connectivity index (χ3n) is 5.57. The van der Waals surface area contributed by atoms with Gasteiger partial charge in [-0.25, -0.2) is 4.39 Å². The van der Waals surface area contributed by atoms with E-state index < -0.39 is 0 Å². The van der Waals surface area contributed by atoms with Gasteiger partial charge in [-0.15, -0.1) is 0 Å². The normalized spacial score (nSPS) is 24.1. The molecule has 1 atom stereocenters. The zero-order chi connectivity index (χ0) is 14.0. The van der Waals surface area contributed by atoms with Crippen LogP contribution >= 0.6 is 0 Å². The molecule has 2 saturated carbocycles. The minimum atomic E-state index is -0.151. The van der Waals surface area contributed by atoms with Crippen molar-refractivity contribution in [3.05, 3.63) is 35.6 Å². The van der Waals surface area contributed by atoms with Crippen molar-refractivity contribution < 1.29 is 4.39 Å². The molecule has 1 N–H and O–H groups in total. The van der Waals surface area contributed by atoms with Crippen LogP contribution in [0.3, 0.4) is 0 Å². The minimum Gasteiger partial charge on any atom is -0.307 e. The molecule has 0 radical (unpaired) electrons. The molecule has 3 rings (SSSR count). The lowest BCUT2D eigenvalue weighted by Crippen LogP contribution is -2.37. The summed E-state index contributed by atoms with van der Waals surface area (Å²) < 4.78 is 13.0. The first-order valence-electron chi connectivity index (χ1n) is 8.18. The number of hydrogen-bond acceptors (Lipinski definition) is 1. The summed E-state index contributed by atoms with van der Waals surface area (Å²) in [7, 11) is 0. The zero-order valence-electron chi connectivity index (χ0n) is 12.5. The Morgan fingerprint density at radius 2 is 1.65 bits per heavy atom. The van der Waals surface area contributed by atoms with E-state index >= 15 is 0 Å². The molecule has 2 fully saturated rings. The Bertz CT molecular complexity index is 423. The summed E-state index contributed by atoms with van der Waals surface area (Å²) >= 11 is 0. The molecule has 0 amide bonds. The largest absolute Gasteiger partial charge is 0.307 e. The Balaban J connectivity index is 1.52. The van der Waals surface area contributed by atoms with Gasteiger partial charge in [0.2, 0.25) is 0 Å². The molecule has 1 unspecified atom stereocenters. The summed E-state index contributed by atoms with van der Waals surface area (Å²) in [6, 6.07) is 7.87. The van der Waals surface area contributed by atoms with Crippen LogP contribution in [0.5, 0.6) is 0 Å². The maximum atomic E-state index is 13.0. The lowest BCUT2D eigenvalue weighted by molar-refractivity contribution is 0.164. The van der Waals surface area contributed by atoms with E-state index in [1.165, 1.54) is 56.9 Å². The van der Waals surface area contributed by atoms with Gasteiger partial charge in [-0.05, 0) is 68.6 Å². The van der Waals surface area contributed by atoms with Gasteiger partial charge < -0.3 is 5.32 Å². The van der Waals surface area contributed by atoms with Crippen LogP contribution in [0.1, 0.15) is 69.9 Å². The maximum Gasteiger partial charge on any atom is 0.123 e. The lowest BCUT2D eigenvalue weighted by Gasteiger charge is -2.38. The third-order valence-corrected chi connectivity index (χ3v) is 5.57.